The molecule has 2 unspecified atom stereocenters. The number of nitrogens with zero attached hydrogens (tertiary/aromatic N) is 1. The first kappa shape index (κ1) is 6.93. The van der Waals surface area contributed by atoms with Crippen molar-refractivity contribution in [2.24, 2.45) is 17.3 Å². The lowest BCUT2D eigenvalue weighted by Crippen LogP contribution is -2.61. The first-order chi connectivity index (χ1) is 5.67. The molecule has 0 radical (unpaired) electrons. The van der Waals surface area contributed by atoms with Gasteiger partial charge in [0.25, 0.3) is 0 Å². The second-order valence-corrected chi connectivity index (χ2v) is 5.15. The Kier molecular flexibility index (Phi) is 1.07. The van der Waals surface area contributed by atoms with E-state index >= 15 is 0 Å². The van der Waals surface area contributed by atoms with E-state index in [1.165, 1.54) is 19.3 Å². The van der Waals surface area contributed by atoms with Crippen LogP contribution in [0.1, 0.15) is 26.2 Å². The largest absolute Gasteiger partial charge is 0.342 e. The van der Waals surface area contributed by atoms with Gasteiger partial charge in [0, 0.05) is 18.5 Å². The number of carbonyl (C=O) groups is 1. The Labute approximate surface area is 72.9 Å². The molecule has 1 saturated carbocycles. The summed E-state index contributed by atoms with van der Waals surface area (Å²) in [5.41, 5.74) is 0.0457. The second-order valence-electron chi connectivity index (χ2n) is 5.15. The molecule has 2 atom stereocenters. The average molecular weight is 165 g/mol. The lowest BCUT2D eigenvalue weighted by molar-refractivity contribution is -0.164. The fourth-order valence-electron chi connectivity index (χ4n) is 3.69. The van der Waals surface area contributed by atoms with Gasteiger partial charge in [-0.15, -0.1) is 0 Å². The van der Waals surface area contributed by atoms with E-state index in [1.54, 1.807) is 0 Å². The maximum Gasteiger partial charge on any atom is 0.228 e. The fraction of sp³-hybridized carbons (Fsp3) is 0.900. The Bertz CT molecular complexity index is 234. The lowest BCUT2D eigenvalue weighted by atomic mass is 9.60. The minimum absolute atomic E-state index is 0.0457. The van der Waals surface area contributed by atoms with Crippen LogP contribution in [0, 0.1) is 17.3 Å². The van der Waals surface area contributed by atoms with Crippen molar-refractivity contribution in [3.05, 3.63) is 0 Å². The Morgan fingerprint density at radius 3 is 2.42 bits per heavy atom. The zero-order chi connectivity index (χ0) is 8.34. The van der Waals surface area contributed by atoms with Crippen molar-refractivity contribution >= 4 is 5.91 Å². The molecule has 66 valence electrons. The summed E-state index contributed by atoms with van der Waals surface area (Å²) in [6.07, 6.45) is 3.72. The molecule has 4 fully saturated rings. The molecule has 4 aliphatic rings. The number of amides is 1. The van der Waals surface area contributed by atoms with Crippen molar-refractivity contribution in [2.45, 2.75) is 26.2 Å². The maximum atomic E-state index is 11.8. The van der Waals surface area contributed by atoms with Gasteiger partial charge in [-0.3, -0.25) is 4.79 Å². The van der Waals surface area contributed by atoms with Gasteiger partial charge >= 0.3 is 0 Å². The van der Waals surface area contributed by atoms with Crippen LogP contribution in [-0.2, 0) is 4.79 Å². The minimum Gasteiger partial charge on any atom is -0.342 e. The van der Waals surface area contributed by atoms with Crippen molar-refractivity contribution in [3.63, 3.8) is 0 Å². The topological polar surface area (TPSA) is 20.3 Å². The Morgan fingerprint density at radius 2 is 1.92 bits per heavy atom. The molecule has 3 aliphatic heterocycles. The van der Waals surface area contributed by atoms with Crippen molar-refractivity contribution in [3.8, 4) is 0 Å². The highest BCUT2D eigenvalue weighted by Crippen LogP contribution is 2.51. The molecule has 3 saturated heterocycles. The third-order valence-corrected chi connectivity index (χ3v) is 3.91. The van der Waals surface area contributed by atoms with E-state index in [9.17, 15) is 4.79 Å². The molecule has 2 heteroatoms. The quantitative estimate of drug-likeness (QED) is 0.529. The van der Waals surface area contributed by atoms with Crippen molar-refractivity contribution in [2.75, 3.05) is 13.1 Å². The van der Waals surface area contributed by atoms with Gasteiger partial charge in [0.2, 0.25) is 5.91 Å². The van der Waals surface area contributed by atoms with E-state index in [2.05, 4.69) is 11.8 Å². The fourth-order valence-corrected chi connectivity index (χ4v) is 3.69. The smallest absolute Gasteiger partial charge is 0.228 e. The summed E-state index contributed by atoms with van der Waals surface area (Å²) in [7, 11) is 0. The van der Waals surface area contributed by atoms with Crippen molar-refractivity contribution in [1.82, 2.24) is 4.90 Å². The van der Waals surface area contributed by atoms with Crippen molar-refractivity contribution in [1.29, 1.82) is 0 Å². The first-order valence-corrected chi connectivity index (χ1v) is 4.97. The van der Waals surface area contributed by atoms with Crippen LogP contribution in [-0.4, -0.2) is 23.9 Å². The summed E-state index contributed by atoms with van der Waals surface area (Å²) < 4.78 is 0. The van der Waals surface area contributed by atoms with Gasteiger partial charge in [-0.1, -0.05) is 6.92 Å². The number of carbonyl (C=O) groups excluding carboxylic acids is 1. The highest BCUT2D eigenvalue weighted by atomic mass is 16.2. The minimum atomic E-state index is 0.0457. The predicted octanol–water partition coefficient (Wildman–Crippen LogP) is 1.26. The predicted molar refractivity (Wildman–Crippen MR) is 45.5 cm³/mol. The molecule has 1 aliphatic carbocycles. The number of hydrogen-bond donors (Lipinski definition) is 0. The SMILES string of the molecule is CC12CC3CC(CN(C3)C1=O)C2. The molecule has 0 N–H and O–H groups in total. The molecule has 2 nitrogen and oxygen atoms in total. The van der Waals surface area contributed by atoms with Crippen LogP contribution in [0.2, 0.25) is 0 Å². The van der Waals surface area contributed by atoms with E-state index in [0.29, 0.717) is 5.91 Å². The highest BCUT2D eigenvalue weighted by molar-refractivity contribution is 5.84. The van der Waals surface area contributed by atoms with Gasteiger partial charge in [0.05, 0.1) is 0 Å². The van der Waals surface area contributed by atoms with Crippen LogP contribution >= 0.6 is 0 Å². The molecule has 0 aromatic rings. The first-order valence-electron chi connectivity index (χ1n) is 4.97. The third kappa shape index (κ3) is 0.686. The van der Waals surface area contributed by atoms with Gasteiger partial charge in [0.1, 0.15) is 0 Å². The van der Waals surface area contributed by atoms with Gasteiger partial charge in [-0.25, -0.2) is 0 Å². The molecular formula is C10H15NO. The standard InChI is InChI=1S/C10H15NO/c1-10-3-7-2-8(4-10)6-11(5-7)9(10)12/h7-8H,2-6H2,1H3. The van der Waals surface area contributed by atoms with Gasteiger partial charge in [-0.2, -0.15) is 0 Å². The van der Waals surface area contributed by atoms with E-state index in [0.717, 1.165) is 24.9 Å². The molecule has 4 bridgehead atoms. The van der Waals surface area contributed by atoms with Crippen LogP contribution in [0.3, 0.4) is 0 Å². The van der Waals surface area contributed by atoms with Gasteiger partial charge in [0.15, 0.2) is 0 Å². The van der Waals surface area contributed by atoms with Crippen LogP contribution in [0.15, 0.2) is 0 Å². The van der Waals surface area contributed by atoms with Gasteiger partial charge in [-0.05, 0) is 31.1 Å². The summed E-state index contributed by atoms with van der Waals surface area (Å²) in [4.78, 5) is 13.9. The Morgan fingerprint density at radius 1 is 1.33 bits per heavy atom. The van der Waals surface area contributed by atoms with Crippen LogP contribution in [0.4, 0.5) is 0 Å². The maximum absolute atomic E-state index is 11.8. The van der Waals surface area contributed by atoms with Crippen LogP contribution in [0.5, 0.6) is 0 Å². The summed E-state index contributed by atoms with van der Waals surface area (Å²) in [6, 6.07) is 0. The molecule has 12 heavy (non-hydrogen) atoms. The monoisotopic (exact) mass is 165 g/mol. The van der Waals surface area contributed by atoms with E-state index in [4.69, 9.17) is 0 Å². The Balaban J connectivity index is 2.02. The zero-order valence-corrected chi connectivity index (χ0v) is 7.55. The van der Waals surface area contributed by atoms with E-state index in [1.807, 2.05) is 0 Å². The lowest BCUT2D eigenvalue weighted by Gasteiger charge is -2.55. The van der Waals surface area contributed by atoms with Crippen LogP contribution < -0.4 is 0 Å². The zero-order valence-electron chi connectivity index (χ0n) is 7.55. The Hall–Kier alpha value is -0.530. The summed E-state index contributed by atoms with van der Waals surface area (Å²) >= 11 is 0. The summed E-state index contributed by atoms with van der Waals surface area (Å²) in [6.45, 7) is 4.29. The molecule has 0 aromatic heterocycles. The molecule has 0 spiro atoms. The summed E-state index contributed by atoms with van der Waals surface area (Å²) in [5.74, 6) is 2.11. The number of piperidine rings is 3. The van der Waals surface area contributed by atoms with E-state index in [-0.39, 0.29) is 5.41 Å². The average Bonchev–Trinajstić information content (AvgIpc) is 1.98. The molecule has 3 heterocycles. The highest BCUT2D eigenvalue weighted by Gasteiger charge is 2.53. The molecular weight excluding hydrogens is 150 g/mol. The van der Waals surface area contributed by atoms with Crippen molar-refractivity contribution < 1.29 is 4.79 Å². The van der Waals surface area contributed by atoms with Crippen LogP contribution in [0.25, 0.3) is 0 Å². The number of rotatable bonds is 0. The normalized spacial score (nSPS) is 50.4. The third-order valence-electron chi connectivity index (χ3n) is 3.91. The molecule has 1 amide bonds. The number of hydrogen-bond acceptors (Lipinski definition) is 1. The molecule has 4 rings (SSSR count). The van der Waals surface area contributed by atoms with E-state index < -0.39 is 0 Å². The molecule has 0 aromatic carbocycles. The second kappa shape index (κ2) is 1.86. The van der Waals surface area contributed by atoms with Gasteiger partial charge < -0.3 is 4.90 Å². The summed E-state index contributed by atoms with van der Waals surface area (Å²) in [5, 5.41) is 0.